The zero-order valence-corrected chi connectivity index (χ0v) is 10.6. The Balaban J connectivity index is 2.36. The van der Waals surface area contributed by atoms with Crippen LogP contribution in [0.1, 0.15) is 18.4 Å². The van der Waals surface area contributed by atoms with E-state index >= 15 is 0 Å². The largest absolute Gasteiger partial charge is 0.497 e. The fourth-order valence-electron chi connectivity index (χ4n) is 1.22. The summed E-state index contributed by atoms with van der Waals surface area (Å²) in [6.07, 6.45) is 1.56. The van der Waals surface area contributed by atoms with Crippen LogP contribution in [0.5, 0.6) is 5.75 Å². The van der Waals surface area contributed by atoms with Crippen LogP contribution < -0.4 is 21.4 Å². The van der Waals surface area contributed by atoms with Crippen molar-refractivity contribution >= 4 is 18.0 Å². The van der Waals surface area contributed by atoms with Crippen LogP contribution >= 0.6 is 0 Å². The van der Waals surface area contributed by atoms with Gasteiger partial charge in [-0.2, -0.15) is 5.10 Å². The molecule has 0 bridgehead atoms. The lowest BCUT2D eigenvalue weighted by atomic mass is 10.2. The molecule has 0 saturated heterocycles. The first-order chi connectivity index (χ1) is 9.15. The summed E-state index contributed by atoms with van der Waals surface area (Å²) in [7, 11) is 1.58. The van der Waals surface area contributed by atoms with Gasteiger partial charge in [0, 0.05) is 12.8 Å². The molecule has 4 N–H and O–H groups in total. The van der Waals surface area contributed by atoms with Gasteiger partial charge in [-0.05, 0) is 29.8 Å². The normalized spacial score (nSPS) is 10.2. The van der Waals surface area contributed by atoms with E-state index in [1.807, 2.05) is 5.43 Å². The number of benzene rings is 1. The Morgan fingerprint density at radius 2 is 1.89 bits per heavy atom. The molecule has 7 nitrogen and oxygen atoms in total. The van der Waals surface area contributed by atoms with E-state index in [2.05, 4.69) is 10.5 Å². The molecule has 0 spiro atoms. The van der Waals surface area contributed by atoms with E-state index in [1.54, 1.807) is 31.4 Å². The van der Waals surface area contributed by atoms with Gasteiger partial charge < -0.3 is 4.74 Å². The van der Waals surface area contributed by atoms with Gasteiger partial charge in [0.15, 0.2) is 0 Å². The fraction of sp³-hybridized carbons (Fsp3) is 0.250. The summed E-state index contributed by atoms with van der Waals surface area (Å²) in [6, 6.07) is 7.18. The quantitative estimate of drug-likeness (QED) is 0.289. The van der Waals surface area contributed by atoms with Gasteiger partial charge in [-0.25, -0.2) is 11.3 Å². The first kappa shape index (κ1) is 14.7. The molecule has 0 atom stereocenters. The van der Waals surface area contributed by atoms with Gasteiger partial charge in [-0.1, -0.05) is 0 Å². The zero-order valence-electron chi connectivity index (χ0n) is 10.6. The summed E-state index contributed by atoms with van der Waals surface area (Å²) >= 11 is 0. The maximum Gasteiger partial charge on any atom is 0.240 e. The maximum absolute atomic E-state index is 11.3. The second kappa shape index (κ2) is 7.83. The van der Waals surface area contributed by atoms with E-state index in [9.17, 15) is 9.59 Å². The number of hydrogen-bond acceptors (Lipinski definition) is 5. The van der Waals surface area contributed by atoms with E-state index in [4.69, 9.17) is 10.6 Å². The van der Waals surface area contributed by atoms with Crippen LogP contribution in [-0.4, -0.2) is 25.1 Å². The number of nitrogens with zero attached hydrogens (tertiary/aromatic N) is 1. The number of rotatable bonds is 6. The van der Waals surface area contributed by atoms with Gasteiger partial charge in [0.05, 0.1) is 13.3 Å². The van der Waals surface area contributed by atoms with Gasteiger partial charge >= 0.3 is 0 Å². The number of ether oxygens (including phenoxy) is 1. The predicted molar refractivity (Wildman–Crippen MR) is 70.3 cm³/mol. The van der Waals surface area contributed by atoms with Crippen LogP contribution in [0.3, 0.4) is 0 Å². The number of hydrazone groups is 1. The molecule has 0 radical (unpaired) electrons. The molecule has 1 aromatic carbocycles. The number of nitrogens with two attached hydrogens (primary N) is 1. The molecular formula is C12H16N4O3. The monoisotopic (exact) mass is 264 g/mol. The highest BCUT2D eigenvalue weighted by Gasteiger charge is 2.03. The smallest absolute Gasteiger partial charge is 0.240 e. The lowest BCUT2D eigenvalue weighted by Crippen LogP contribution is -2.31. The Bertz CT molecular complexity index is 457. The van der Waals surface area contributed by atoms with Crippen molar-refractivity contribution in [2.45, 2.75) is 12.8 Å². The average Bonchev–Trinajstić information content (AvgIpc) is 2.45. The molecule has 19 heavy (non-hydrogen) atoms. The molecule has 1 aromatic rings. The average molecular weight is 264 g/mol. The number of methoxy groups -OCH3 is 1. The van der Waals surface area contributed by atoms with Crippen molar-refractivity contribution in [3.8, 4) is 5.75 Å². The maximum atomic E-state index is 11.3. The van der Waals surface area contributed by atoms with Crippen molar-refractivity contribution in [3.05, 3.63) is 29.8 Å². The fourth-order valence-corrected chi connectivity index (χ4v) is 1.22. The molecule has 0 fully saturated rings. The van der Waals surface area contributed by atoms with Crippen molar-refractivity contribution in [1.82, 2.24) is 10.9 Å². The standard InChI is InChI=1S/C12H16N4O3/c1-19-10-4-2-9(3-5-10)8-14-16-12(18)7-6-11(17)15-13/h2-5,8H,6-7,13H2,1H3,(H,15,17)(H,16,18)/b14-8-. The Morgan fingerprint density at radius 3 is 2.47 bits per heavy atom. The molecule has 0 aromatic heterocycles. The summed E-state index contributed by atoms with van der Waals surface area (Å²) in [5.41, 5.74) is 5.08. The lowest BCUT2D eigenvalue weighted by molar-refractivity contribution is -0.126. The van der Waals surface area contributed by atoms with E-state index in [1.165, 1.54) is 6.21 Å². The van der Waals surface area contributed by atoms with Crippen molar-refractivity contribution in [2.24, 2.45) is 10.9 Å². The SMILES string of the molecule is COc1ccc(/C=N\NC(=O)CCC(=O)NN)cc1. The number of carbonyl (C=O) groups is 2. The third-order valence-corrected chi connectivity index (χ3v) is 2.26. The number of carbonyl (C=O) groups excluding carboxylic acids is 2. The first-order valence-corrected chi connectivity index (χ1v) is 5.61. The van der Waals surface area contributed by atoms with Crippen LogP contribution in [0.2, 0.25) is 0 Å². The van der Waals surface area contributed by atoms with Crippen LogP contribution in [0.15, 0.2) is 29.4 Å². The Labute approximate surface area is 110 Å². The molecule has 0 aliphatic carbocycles. The van der Waals surface area contributed by atoms with Crippen LogP contribution in [0.4, 0.5) is 0 Å². The summed E-state index contributed by atoms with van der Waals surface area (Å²) in [5, 5.41) is 3.77. The first-order valence-electron chi connectivity index (χ1n) is 5.61. The van der Waals surface area contributed by atoms with E-state index in [0.717, 1.165) is 11.3 Å². The molecular weight excluding hydrogens is 248 g/mol. The zero-order chi connectivity index (χ0) is 14.1. The minimum Gasteiger partial charge on any atom is -0.497 e. The Kier molecular flexibility index (Phi) is 6.04. The highest BCUT2D eigenvalue weighted by atomic mass is 16.5. The predicted octanol–water partition coefficient (Wildman–Crippen LogP) is -0.0846. The van der Waals surface area contributed by atoms with Crippen LogP contribution in [0.25, 0.3) is 0 Å². The second-order valence-electron chi connectivity index (χ2n) is 3.63. The van der Waals surface area contributed by atoms with Crippen molar-refractivity contribution < 1.29 is 14.3 Å². The Hall–Kier alpha value is -2.41. The summed E-state index contributed by atoms with van der Waals surface area (Å²) in [5.74, 6) is 4.88. The summed E-state index contributed by atoms with van der Waals surface area (Å²) in [4.78, 5) is 22.1. The summed E-state index contributed by atoms with van der Waals surface area (Å²) in [6.45, 7) is 0. The number of amides is 2. The molecule has 102 valence electrons. The minimum atomic E-state index is -0.394. The third kappa shape index (κ3) is 5.64. The topological polar surface area (TPSA) is 106 Å². The number of nitrogens with one attached hydrogen (secondary N) is 2. The second-order valence-corrected chi connectivity index (χ2v) is 3.63. The van der Waals surface area contributed by atoms with Crippen LogP contribution in [-0.2, 0) is 9.59 Å². The summed E-state index contributed by atoms with van der Waals surface area (Å²) < 4.78 is 5.01. The minimum absolute atomic E-state index is 0.0282. The molecule has 2 amide bonds. The van der Waals surface area contributed by atoms with E-state index < -0.39 is 5.91 Å². The third-order valence-electron chi connectivity index (χ3n) is 2.26. The highest BCUT2D eigenvalue weighted by molar-refractivity contribution is 5.85. The lowest BCUT2D eigenvalue weighted by Gasteiger charge is -2.00. The van der Waals surface area contributed by atoms with Gasteiger partial charge in [-0.15, -0.1) is 0 Å². The van der Waals surface area contributed by atoms with Crippen molar-refractivity contribution in [1.29, 1.82) is 0 Å². The Morgan fingerprint density at radius 1 is 1.26 bits per heavy atom. The molecule has 0 heterocycles. The van der Waals surface area contributed by atoms with E-state index in [0.29, 0.717) is 0 Å². The highest BCUT2D eigenvalue weighted by Crippen LogP contribution is 2.09. The molecule has 0 saturated carbocycles. The number of hydrogen-bond donors (Lipinski definition) is 3. The molecule has 0 unspecified atom stereocenters. The van der Waals surface area contributed by atoms with Gasteiger partial charge in [0.1, 0.15) is 5.75 Å². The van der Waals surface area contributed by atoms with Gasteiger partial charge in [0.2, 0.25) is 11.8 Å². The van der Waals surface area contributed by atoms with Crippen molar-refractivity contribution in [3.63, 3.8) is 0 Å². The van der Waals surface area contributed by atoms with Crippen LogP contribution in [0, 0.1) is 0 Å². The van der Waals surface area contributed by atoms with Gasteiger partial charge in [0.25, 0.3) is 0 Å². The molecule has 0 aliphatic heterocycles. The number of hydrazine groups is 1. The molecule has 7 heteroatoms. The van der Waals surface area contributed by atoms with Gasteiger partial charge in [-0.3, -0.25) is 15.0 Å². The van der Waals surface area contributed by atoms with Crippen molar-refractivity contribution in [2.75, 3.05) is 7.11 Å². The molecule has 1 rings (SSSR count). The van der Waals surface area contributed by atoms with E-state index in [-0.39, 0.29) is 18.7 Å². The molecule has 0 aliphatic rings.